The van der Waals surface area contributed by atoms with Crippen molar-refractivity contribution in [2.45, 2.75) is 25.1 Å². The summed E-state index contributed by atoms with van der Waals surface area (Å²) < 4.78 is 42.2. The molecule has 2 amide bonds. The Kier molecular flexibility index (Phi) is 4.29. The lowest BCUT2D eigenvalue weighted by molar-refractivity contribution is -0.167. The van der Waals surface area contributed by atoms with Gasteiger partial charge < -0.3 is 14.6 Å². The number of amides is 2. The number of aromatic nitrogens is 1. The van der Waals surface area contributed by atoms with Gasteiger partial charge in [0.05, 0.1) is 0 Å². The topological polar surface area (TPSA) is 87.5 Å². The Hall–Kier alpha value is -2.62. The molecule has 10 heteroatoms. The molecule has 144 valence electrons. The molecule has 2 bridgehead atoms. The fourth-order valence-electron chi connectivity index (χ4n) is 3.67. The number of halogens is 3. The zero-order chi connectivity index (χ0) is 19.2. The van der Waals surface area contributed by atoms with Gasteiger partial charge in [-0.05, 0) is 31.8 Å². The minimum absolute atomic E-state index is 0.0655. The van der Waals surface area contributed by atoms with Crippen molar-refractivity contribution < 1.29 is 27.2 Å². The standard InChI is InChI=1S/C17H17F3N4O3/c18-17(19,20)16(26)23-14-5-10-7-21-11(6-13(10)27-14)15(25)22-12-8-24-3-1-9(12)2-4-24/h5-7,9,12H,1-4,8H2,(H,22,25)(H,23,26)/t12-/m0/s1. The number of carbonyl (C=O) groups is 2. The van der Waals surface area contributed by atoms with Gasteiger partial charge in [-0.1, -0.05) is 0 Å². The van der Waals surface area contributed by atoms with Crippen LogP contribution >= 0.6 is 0 Å². The van der Waals surface area contributed by atoms with Gasteiger partial charge in [0.15, 0.2) is 0 Å². The number of pyridine rings is 1. The Bertz CT molecular complexity index is 887. The molecule has 5 heterocycles. The number of fused-ring (bicyclic) bond motifs is 4. The fraction of sp³-hybridized carbons (Fsp3) is 0.471. The Morgan fingerprint density at radius 3 is 2.59 bits per heavy atom. The van der Waals surface area contributed by atoms with Gasteiger partial charge in [0.25, 0.3) is 5.91 Å². The maximum Gasteiger partial charge on any atom is 0.471 e. The van der Waals surface area contributed by atoms with Gasteiger partial charge >= 0.3 is 12.1 Å². The first-order chi connectivity index (χ1) is 12.8. The van der Waals surface area contributed by atoms with E-state index in [2.05, 4.69) is 15.2 Å². The van der Waals surface area contributed by atoms with Crippen molar-refractivity contribution >= 4 is 28.7 Å². The van der Waals surface area contributed by atoms with Crippen LogP contribution < -0.4 is 10.6 Å². The Labute approximate surface area is 151 Å². The normalized spacial score (nSPS) is 24.8. The third kappa shape index (κ3) is 3.61. The highest BCUT2D eigenvalue weighted by Crippen LogP contribution is 2.28. The van der Waals surface area contributed by atoms with E-state index in [-0.39, 0.29) is 29.1 Å². The number of rotatable bonds is 3. The minimum atomic E-state index is -5.02. The van der Waals surface area contributed by atoms with Crippen molar-refractivity contribution in [1.82, 2.24) is 15.2 Å². The first kappa shape index (κ1) is 17.8. The molecule has 0 spiro atoms. The number of furan rings is 1. The van der Waals surface area contributed by atoms with E-state index in [1.807, 2.05) is 0 Å². The Morgan fingerprint density at radius 1 is 1.22 bits per heavy atom. The Morgan fingerprint density at radius 2 is 1.96 bits per heavy atom. The van der Waals surface area contributed by atoms with E-state index in [1.54, 1.807) is 5.32 Å². The smallest absolute Gasteiger partial charge is 0.440 e. The van der Waals surface area contributed by atoms with Crippen LogP contribution in [0.3, 0.4) is 0 Å². The van der Waals surface area contributed by atoms with Crippen LogP contribution in [0.25, 0.3) is 11.0 Å². The lowest BCUT2D eigenvalue weighted by Crippen LogP contribution is -2.57. The minimum Gasteiger partial charge on any atom is -0.440 e. The molecule has 0 unspecified atom stereocenters. The van der Waals surface area contributed by atoms with Crippen LogP contribution in [-0.4, -0.2) is 53.6 Å². The van der Waals surface area contributed by atoms with E-state index in [1.165, 1.54) is 18.3 Å². The van der Waals surface area contributed by atoms with E-state index in [0.29, 0.717) is 11.3 Å². The molecule has 0 aromatic carbocycles. The number of anilines is 1. The quantitative estimate of drug-likeness (QED) is 0.850. The van der Waals surface area contributed by atoms with Crippen LogP contribution in [0.4, 0.5) is 19.1 Å². The molecule has 2 N–H and O–H groups in total. The van der Waals surface area contributed by atoms with Gasteiger partial charge in [-0.25, -0.2) is 0 Å². The van der Waals surface area contributed by atoms with Crippen LogP contribution in [0.1, 0.15) is 23.3 Å². The lowest BCUT2D eigenvalue weighted by Gasteiger charge is -2.44. The lowest BCUT2D eigenvalue weighted by atomic mass is 9.84. The second kappa shape index (κ2) is 6.52. The molecular weight excluding hydrogens is 365 g/mol. The number of piperidine rings is 3. The first-order valence-electron chi connectivity index (χ1n) is 8.60. The SMILES string of the molecule is O=C(N[C@H]1CN2CCC1CC2)c1cc2oc(NC(=O)C(F)(F)F)cc2cn1. The summed E-state index contributed by atoms with van der Waals surface area (Å²) >= 11 is 0. The van der Waals surface area contributed by atoms with Crippen molar-refractivity contribution in [3.63, 3.8) is 0 Å². The predicted octanol–water partition coefficient (Wildman–Crippen LogP) is 2.15. The molecule has 0 aliphatic carbocycles. The summed E-state index contributed by atoms with van der Waals surface area (Å²) in [5.41, 5.74) is 0.281. The van der Waals surface area contributed by atoms with E-state index in [9.17, 15) is 22.8 Å². The number of alkyl halides is 3. The number of nitrogens with one attached hydrogen (secondary N) is 2. The largest absolute Gasteiger partial charge is 0.471 e. The summed E-state index contributed by atoms with van der Waals surface area (Å²) in [4.78, 5) is 29.9. The summed E-state index contributed by atoms with van der Waals surface area (Å²) in [6, 6.07) is 2.65. The average Bonchev–Trinajstić information content (AvgIpc) is 3.03. The number of nitrogens with zero attached hydrogens (tertiary/aromatic N) is 2. The molecule has 3 aliphatic heterocycles. The third-order valence-corrected chi connectivity index (χ3v) is 5.10. The van der Waals surface area contributed by atoms with Gasteiger partial charge in [0.2, 0.25) is 5.88 Å². The molecule has 2 aromatic rings. The molecule has 27 heavy (non-hydrogen) atoms. The summed E-state index contributed by atoms with van der Waals surface area (Å²) in [5, 5.41) is 5.01. The summed E-state index contributed by atoms with van der Waals surface area (Å²) in [6.07, 6.45) is -1.58. The molecule has 0 saturated carbocycles. The Balaban J connectivity index is 1.48. The average molecular weight is 382 g/mol. The van der Waals surface area contributed by atoms with E-state index < -0.39 is 12.1 Å². The van der Waals surface area contributed by atoms with Crippen LogP contribution in [0, 0.1) is 5.92 Å². The maximum absolute atomic E-state index is 12.5. The zero-order valence-electron chi connectivity index (χ0n) is 14.2. The van der Waals surface area contributed by atoms with Crippen LogP contribution in [-0.2, 0) is 4.79 Å². The number of hydrogen-bond acceptors (Lipinski definition) is 5. The summed E-state index contributed by atoms with van der Waals surface area (Å²) in [6.45, 7) is 2.92. The highest BCUT2D eigenvalue weighted by Gasteiger charge is 2.39. The molecule has 7 nitrogen and oxygen atoms in total. The molecule has 0 radical (unpaired) electrons. The molecule has 3 aliphatic rings. The first-order valence-corrected chi connectivity index (χ1v) is 8.60. The van der Waals surface area contributed by atoms with Crippen LogP contribution in [0.2, 0.25) is 0 Å². The van der Waals surface area contributed by atoms with E-state index in [4.69, 9.17) is 4.42 Å². The van der Waals surface area contributed by atoms with Gasteiger partial charge in [-0.2, -0.15) is 13.2 Å². The van der Waals surface area contributed by atoms with Crippen LogP contribution in [0.15, 0.2) is 22.7 Å². The van der Waals surface area contributed by atoms with Gasteiger partial charge in [0, 0.05) is 36.3 Å². The van der Waals surface area contributed by atoms with Crippen molar-refractivity contribution in [2.75, 3.05) is 25.0 Å². The van der Waals surface area contributed by atoms with Crippen molar-refractivity contribution in [3.8, 4) is 0 Å². The van der Waals surface area contributed by atoms with E-state index in [0.717, 1.165) is 32.5 Å². The summed E-state index contributed by atoms with van der Waals surface area (Å²) in [7, 11) is 0. The molecule has 5 rings (SSSR count). The molecule has 3 saturated heterocycles. The molecular formula is C17H17F3N4O3. The number of hydrogen-bond donors (Lipinski definition) is 2. The van der Waals surface area contributed by atoms with Gasteiger partial charge in [-0.15, -0.1) is 0 Å². The van der Waals surface area contributed by atoms with E-state index >= 15 is 0 Å². The monoisotopic (exact) mass is 382 g/mol. The van der Waals surface area contributed by atoms with Crippen LogP contribution in [0.5, 0.6) is 0 Å². The zero-order valence-corrected chi connectivity index (χ0v) is 14.2. The second-order valence-corrected chi connectivity index (χ2v) is 6.89. The highest BCUT2D eigenvalue weighted by atomic mass is 19.4. The van der Waals surface area contributed by atoms with Crippen molar-refractivity contribution in [1.29, 1.82) is 0 Å². The fourth-order valence-corrected chi connectivity index (χ4v) is 3.67. The maximum atomic E-state index is 12.5. The van der Waals surface area contributed by atoms with Gasteiger partial charge in [0.1, 0.15) is 11.3 Å². The third-order valence-electron chi connectivity index (χ3n) is 5.10. The van der Waals surface area contributed by atoms with Gasteiger partial charge in [-0.3, -0.25) is 19.9 Å². The summed E-state index contributed by atoms with van der Waals surface area (Å²) in [5.74, 6) is -2.39. The molecule has 3 fully saturated rings. The molecule has 1 atom stereocenters. The predicted molar refractivity (Wildman–Crippen MR) is 89.1 cm³/mol. The van der Waals surface area contributed by atoms with Crippen molar-refractivity contribution in [3.05, 3.63) is 24.0 Å². The second-order valence-electron chi connectivity index (χ2n) is 6.89. The van der Waals surface area contributed by atoms with Crippen molar-refractivity contribution in [2.24, 2.45) is 5.92 Å². The number of carbonyl (C=O) groups excluding carboxylic acids is 2. The highest BCUT2D eigenvalue weighted by molar-refractivity contribution is 5.98. The molecule has 2 aromatic heterocycles.